The summed E-state index contributed by atoms with van der Waals surface area (Å²) in [6.45, 7) is 4.47. The molecule has 0 spiro atoms. The second-order valence-electron chi connectivity index (χ2n) is 5.51. The van der Waals surface area contributed by atoms with Gasteiger partial charge >= 0.3 is 0 Å². The molecular weight excluding hydrogens is 252 g/mol. The summed E-state index contributed by atoms with van der Waals surface area (Å²) in [4.78, 5) is 8.58. The fraction of sp³-hybridized carbons (Fsp3) is 0.733. The van der Waals surface area contributed by atoms with Crippen molar-refractivity contribution in [1.82, 2.24) is 9.97 Å². The molecule has 0 amide bonds. The molecule has 1 aromatic heterocycles. The number of nitrogens with one attached hydrogen (secondary N) is 1. The van der Waals surface area contributed by atoms with Crippen molar-refractivity contribution in [3.05, 3.63) is 12.4 Å². The van der Waals surface area contributed by atoms with Gasteiger partial charge in [0.2, 0.25) is 5.88 Å². The van der Waals surface area contributed by atoms with E-state index >= 15 is 0 Å². The first-order valence-electron chi connectivity index (χ1n) is 7.72. The van der Waals surface area contributed by atoms with Crippen LogP contribution in [0.25, 0.3) is 0 Å². The van der Waals surface area contributed by atoms with E-state index < -0.39 is 0 Å². The third-order valence-corrected chi connectivity index (χ3v) is 3.98. The van der Waals surface area contributed by atoms with Gasteiger partial charge in [0.25, 0.3) is 0 Å². The minimum absolute atomic E-state index is 0.593. The molecule has 1 aromatic rings. The second kappa shape index (κ2) is 8.04. The van der Waals surface area contributed by atoms with Crippen LogP contribution >= 0.6 is 0 Å². The quantitative estimate of drug-likeness (QED) is 0.801. The van der Waals surface area contributed by atoms with Gasteiger partial charge in [0.15, 0.2) is 0 Å². The highest BCUT2D eigenvalue weighted by Crippen LogP contribution is 2.29. The molecule has 2 unspecified atom stereocenters. The van der Waals surface area contributed by atoms with Crippen molar-refractivity contribution in [2.24, 2.45) is 17.6 Å². The monoisotopic (exact) mass is 278 g/mol. The van der Waals surface area contributed by atoms with Crippen molar-refractivity contribution < 1.29 is 4.74 Å². The molecule has 0 radical (unpaired) electrons. The van der Waals surface area contributed by atoms with Crippen molar-refractivity contribution in [2.75, 3.05) is 25.0 Å². The van der Waals surface area contributed by atoms with Crippen molar-refractivity contribution in [3.63, 3.8) is 0 Å². The van der Waals surface area contributed by atoms with Gasteiger partial charge < -0.3 is 15.8 Å². The van der Waals surface area contributed by atoms with E-state index in [0.717, 1.165) is 25.3 Å². The standard InChI is InChI=1S/C15H26N4O/c1-2-7-20-15-11-17-10-14(19-15)18-9-13-6-4-3-5-12(13)8-16/h10-13H,2-9,16H2,1H3,(H,18,19). The third-order valence-electron chi connectivity index (χ3n) is 3.98. The third kappa shape index (κ3) is 4.34. The maximum Gasteiger partial charge on any atom is 0.234 e. The SMILES string of the molecule is CCCOc1cncc(NCC2CCCCC2CN)n1. The molecule has 1 aliphatic rings. The first-order valence-corrected chi connectivity index (χ1v) is 7.72. The van der Waals surface area contributed by atoms with Crippen molar-refractivity contribution >= 4 is 5.82 Å². The first-order chi connectivity index (χ1) is 9.83. The number of nitrogens with zero attached hydrogens (tertiary/aromatic N) is 2. The van der Waals surface area contributed by atoms with Gasteiger partial charge in [-0.2, -0.15) is 4.98 Å². The fourth-order valence-corrected chi connectivity index (χ4v) is 2.81. The van der Waals surface area contributed by atoms with E-state index in [-0.39, 0.29) is 0 Å². The van der Waals surface area contributed by atoms with E-state index in [1.165, 1.54) is 25.7 Å². The number of hydrogen-bond donors (Lipinski definition) is 2. The summed E-state index contributed by atoms with van der Waals surface area (Å²) in [5.41, 5.74) is 5.87. The topological polar surface area (TPSA) is 73.1 Å². The Morgan fingerprint density at radius 3 is 2.85 bits per heavy atom. The van der Waals surface area contributed by atoms with Crippen molar-refractivity contribution in [1.29, 1.82) is 0 Å². The Bertz CT molecular complexity index is 399. The lowest BCUT2D eigenvalue weighted by Crippen LogP contribution is -2.31. The van der Waals surface area contributed by atoms with E-state index in [2.05, 4.69) is 22.2 Å². The Balaban J connectivity index is 1.86. The zero-order chi connectivity index (χ0) is 14.2. The van der Waals surface area contributed by atoms with E-state index in [1.807, 2.05) is 0 Å². The van der Waals surface area contributed by atoms with Crippen LogP contribution < -0.4 is 15.8 Å². The van der Waals surface area contributed by atoms with Gasteiger partial charge in [-0.05, 0) is 37.6 Å². The lowest BCUT2D eigenvalue weighted by atomic mass is 9.79. The summed E-state index contributed by atoms with van der Waals surface area (Å²) in [7, 11) is 0. The maximum absolute atomic E-state index is 5.87. The Labute approximate surface area is 121 Å². The lowest BCUT2D eigenvalue weighted by molar-refractivity contribution is 0.255. The molecule has 0 aromatic carbocycles. The largest absolute Gasteiger partial charge is 0.477 e. The number of rotatable bonds is 7. The average molecular weight is 278 g/mol. The number of hydrogen-bond acceptors (Lipinski definition) is 5. The number of nitrogens with two attached hydrogens (primary N) is 1. The molecule has 0 aliphatic heterocycles. The van der Waals surface area contributed by atoms with Gasteiger partial charge in [0, 0.05) is 6.54 Å². The predicted molar refractivity (Wildman–Crippen MR) is 80.8 cm³/mol. The van der Waals surface area contributed by atoms with Crippen LogP contribution in [0.5, 0.6) is 5.88 Å². The molecule has 2 rings (SSSR count). The fourth-order valence-electron chi connectivity index (χ4n) is 2.81. The Morgan fingerprint density at radius 1 is 1.30 bits per heavy atom. The van der Waals surface area contributed by atoms with Crippen LogP contribution in [0.15, 0.2) is 12.4 Å². The van der Waals surface area contributed by atoms with E-state index in [4.69, 9.17) is 10.5 Å². The van der Waals surface area contributed by atoms with Gasteiger partial charge in [-0.1, -0.05) is 19.8 Å². The summed E-state index contributed by atoms with van der Waals surface area (Å²) in [6.07, 6.45) is 9.53. The molecular formula is C15H26N4O. The summed E-state index contributed by atoms with van der Waals surface area (Å²) in [5, 5.41) is 3.39. The normalized spacial score (nSPS) is 22.5. The molecule has 0 saturated heterocycles. The maximum atomic E-state index is 5.87. The lowest BCUT2D eigenvalue weighted by Gasteiger charge is -2.30. The Morgan fingerprint density at radius 2 is 2.10 bits per heavy atom. The van der Waals surface area contributed by atoms with E-state index in [0.29, 0.717) is 24.3 Å². The van der Waals surface area contributed by atoms with Crippen LogP contribution in [0, 0.1) is 11.8 Å². The molecule has 3 N–H and O–H groups in total. The number of aromatic nitrogens is 2. The molecule has 1 saturated carbocycles. The van der Waals surface area contributed by atoms with Gasteiger partial charge in [-0.3, -0.25) is 4.98 Å². The van der Waals surface area contributed by atoms with Crippen LogP contribution in [-0.4, -0.2) is 29.7 Å². The van der Waals surface area contributed by atoms with Gasteiger partial charge in [0.1, 0.15) is 5.82 Å². The molecule has 1 aliphatic carbocycles. The van der Waals surface area contributed by atoms with Crippen LogP contribution in [0.3, 0.4) is 0 Å². The van der Waals surface area contributed by atoms with E-state index in [9.17, 15) is 0 Å². The highest BCUT2D eigenvalue weighted by molar-refractivity contribution is 5.33. The molecule has 5 nitrogen and oxygen atoms in total. The summed E-state index contributed by atoms with van der Waals surface area (Å²) in [5.74, 6) is 2.68. The number of ether oxygens (including phenoxy) is 1. The minimum atomic E-state index is 0.593. The summed E-state index contributed by atoms with van der Waals surface area (Å²) < 4.78 is 5.50. The molecule has 2 atom stereocenters. The molecule has 112 valence electrons. The summed E-state index contributed by atoms with van der Waals surface area (Å²) >= 11 is 0. The molecule has 0 bridgehead atoms. The van der Waals surface area contributed by atoms with Crippen LogP contribution in [-0.2, 0) is 0 Å². The predicted octanol–water partition coefficient (Wildman–Crippen LogP) is 2.44. The van der Waals surface area contributed by atoms with Crippen LogP contribution in [0.1, 0.15) is 39.0 Å². The van der Waals surface area contributed by atoms with Crippen molar-refractivity contribution in [3.8, 4) is 5.88 Å². The van der Waals surface area contributed by atoms with Crippen molar-refractivity contribution in [2.45, 2.75) is 39.0 Å². The number of anilines is 1. The Hall–Kier alpha value is -1.36. The second-order valence-corrected chi connectivity index (χ2v) is 5.51. The first kappa shape index (κ1) is 15.0. The smallest absolute Gasteiger partial charge is 0.234 e. The molecule has 20 heavy (non-hydrogen) atoms. The zero-order valence-corrected chi connectivity index (χ0v) is 12.3. The van der Waals surface area contributed by atoms with E-state index in [1.54, 1.807) is 12.4 Å². The average Bonchev–Trinajstić information content (AvgIpc) is 2.51. The van der Waals surface area contributed by atoms with Gasteiger partial charge in [-0.25, -0.2) is 0 Å². The zero-order valence-electron chi connectivity index (χ0n) is 12.3. The Kier molecular flexibility index (Phi) is 6.05. The minimum Gasteiger partial charge on any atom is -0.477 e. The highest BCUT2D eigenvalue weighted by Gasteiger charge is 2.23. The highest BCUT2D eigenvalue weighted by atomic mass is 16.5. The molecule has 1 heterocycles. The molecule has 5 heteroatoms. The summed E-state index contributed by atoms with van der Waals surface area (Å²) in [6, 6.07) is 0. The van der Waals surface area contributed by atoms with Gasteiger partial charge in [0.05, 0.1) is 19.0 Å². The molecule has 1 fully saturated rings. The van der Waals surface area contributed by atoms with Crippen LogP contribution in [0.4, 0.5) is 5.82 Å². The van der Waals surface area contributed by atoms with Crippen LogP contribution in [0.2, 0.25) is 0 Å². The van der Waals surface area contributed by atoms with Gasteiger partial charge in [-0.15, -0.1) is 0 Å².